The number of para-hydroxylation sites is 1. The number of ether oxygens (including phenoxy) is 1. The number of hydrogen-bond donors (Lipinski definition) is 0. The Morgan fingerprint density at radius 1 is 1.10 bits per heavy atom. The van der Waals surface area contributed by atoms with Crippen molar-refractivity contribution in [3.63, 3.8) is 0 Å². The maximum Gasteiger partial charge on any atom is 0.265 e. The predicted molar refractivity (Wildman–Crippen MR) is 112 cm³/mol. The highest BCUT2D eigenvalue weighted by molar-refractivity contribution is 6.31. The molecule has 0 saturated carbocycles. The third-order valence-corrected chi connectivity index (χ3v) is 5.25. The molecule has 0 saturated heterocycles. The summed E-state index contributed by atoms with van der Waals surface area (Å²) in [5.41, 5.74) is 0.994. The number of nitrogens with zero attached hydrogens (tertiary/aromatic N) is 5. The molecule has 0 aliphatic carbocycles. The van der Waals surface area contributed by atoms with Gasteiger partial charge in [-0.3, -0.25) is 19.1 Å². The number of hydrogen-bond acceptors (Lipinski definition) is 7. The standard InChI is InChI=1S/C21H16ClN5O4/c1-12-23-15-5-3-2-4-14(15)21(29)26(12)9-18-24-19(31-25-18)10-27-16-8-13(22)6-7-17(16)30-11-20(27)28/h2-8H,9-11H2,1H3. The van der Waals surface area contributed by atoms with Crippen molar-refractivity contribution >= 4 is 34.1 Å². The summed E-state index contributed by atoms with van der Waals surface area (Å²) in [5.74, 6) is 1.38. The van der Waals surface area contributed by atoms with Crippen LogP contribution in [-0.2, 0) is 17.9 Å². The van der Waals surface area contributed by atoms with Crippen molar-refractivity contribution in [2.24, 2.45) is 0 Å². The number of halogens is 1. The number of amides is 1. The Balaban J connectivity index is 1.42. The second kappa shape index (κ2) is 7.51. The number of fused-ring (bicyclic) bond motifs is 2. The summed E-state index contributed by atoms with van der Waals surface area (Å²) in [7, 11) is 0. The van der Waals surface area contributed by atoms with Crippen molar-refractivity contribution < 1.29 is 14.1 Å². The number of aryl methyl sites for hydroxylation is 1. The molecule has 2 aromatic carbocycles. The zero-order chi connectivity index (χ0) is 21.5. The summed E-state index contributed by atoms with van der Waals surface area (Å²) in [6.07, 6.45) is 0. The van der Waals surface area contributed by atoms with E-state index in [2.05, 4.69) is 15.1 Å². The van der Waals surface area contributed by atoms with Crippen LogP contribution in [0.3, 0.4) is 0 Å². The molecule has 0 fully saturated rings. The van der Waals surface area contributed by atoms with Crippen LogP contribution < -0.4 is 15.2 Å². The Labute approximate surface area is 180 Å². The molecule has 2 aromatic heterocycles. The Morgan fingerprint density at radius 3 is 2.81 bits per heavy atom. The normalized spacial score (nSPS) is 13.4. The van der Waals surface area contributed by atoms with Crippen molar-refractivity contribution in [1.29, 1.82) is 0 Å². The Morgan fingerprint density at radius 2 is 1.94 bits per heavy atom. The molecule has 0 spiro atoms. The molecule has 5 rings (SSSR count). The first kappa shape index (κ1) is 19.3. The van der Waals surface area contributed by atoms with Gasteiger partial charge in [-0.15, -0.1) is 0 Å². The van der Waals surface area contributed by atoms with Gasteiger partial charge in [0, 0.05) is 5.02 Å². The average Bonchev–Trinajstić information content (AvgIpc) is 3.20. The second-order valence-electron chi connectivity index (χ2n) is 7.05. The molecular weight excluding hydrogens is 422 g/mol. The summed E-state index contributed by atoms with van der Waals surface area (Å²) < 4.78 is 12.3. The van der Waals surface area contributed by atoms with Gasteiger partial charge in [0.15, 0.2) is 12.4 Å². The molecule has 10 heteroatoms. The Bertz CT molecular complexity index is 1380. The number of anilines is 1. The third kappa shape index (κ3) is 3.53. The summed E-state index contributed by atoms with van der Waals surface area (Å²) in [6, 6.07) is 12.2. The number of aromatic nitrogens is 4. The second-order valence-corrected chi connectivity index (χ2v) is 7.49. The minimum absolute atomic E-state index is 0.0619. The molecule has 1 amide bonds. The lowest BCUT2D eigenvalue weighted by molar-refractivity contribution is -0.121. The fourth-order valence-corrected chi connectivity index (χ4v) is 3.68. The molecule has 4 aromatic rings. The minimum Gasteiger partial charge on any atom is -0.482 e. The van der Waals surface area contributed by atoms with Crippen molar-refractivity contribution in [3.8, 4) is 5.75 Å². The molecule has 9 nitrogen and oxygen atoms in total. The highest BCUT2D eigenvalue weighted by atomic mass is 35.5. The van der Waals surface area contributed by atoms with E-state index in [9.17, 15) is 9.59 Å². The van der Waals surface area contributed by atoms with Crippen LogP contribution in [0.1, 0.15) is 17.5 Å². The number of rotatable bonds is 4. The number of carbonyl (C=O) groups is 1. The van der Waals surface area contributed by atoms with Gasteiger partial charge in [0.1, 0.15) is 18.1 Å². The van der Waals surface area contributed by atoms with Crippen LogP contribution in [0.25, 0.3) is 10.9 Å². The van der Waals surface area contributed by atoms with Crippen LogP contribution in [0.4, 0.5) is 5.69 Å². The lowest BCUT2D eigenvalue weighted by atomic mass is 10.2. The van der Waals surface area contributed by atoms with Gasteiger partial charge in [0.05, 0.1) is 23.1 Å². The van der Waals surface area contributed by atoms with E-state index in [0.29, 0.717) is 39.0 Å². The lowest BCUT2D eigenvalue weighted by Crippen LogP contribution is -2.38. The topological polar surface area (TPSA) is 103 Å². The van der Waals surface area contributed by atoms with Crippen molar-refractivity contribution in [2.45, 2.75) is 20.0 Å². The molecule has 0 bridgehead atoms. The van der Waals surface area contributed by atoms with Gasteiger partial charge < -0.3 is 9.26 Å². The van der Waals surface area contributed by atoms with Gasteiger partial charge in [0.25, 0.3) is 11.5 Å². The maximum atomic E-state index is 12.8. The molecule has 0 N–H and O–H groups in total. The SMILES string of the molecule is Cc1nc2ccccc2c(=O)n1Cc1noc(CN2C(=O)COc3ccc(Cl)cc32)n1. The Hall–Kier alpha value is -3.72. The predicted octanol–water partition coefficient (Wildman–Crippen LogP) is 2.72. The van der Waals surface area contributed by atoms with E-state index in [0.717, 1.165) is 0 Å². The van der Waals surface area contributed by atoms with E-state index in [1.54, 1.807) is 43.3 Å². The van der Waals surface area contributed by atoms with Crippen LogP contribution in [0.15, 0.2) is 51.8 Å². The van der Waals surface area contributed by atoms with E-state index in [1.165, 1.54) is 9.47 Å². The zero-order valence-electron chi connectivity index (χ0n) is 16.4. The average molecular weight is 438 g/mol. The van der Waals surface area contributed by atoms with Gasteiger partial charge in [-0.05, 0) is 37.3 Å². The van der Waals surface area contributed by atoms with E-state index in [1.807, 2.05) is 6.07 Å². The summed E-state index contributed by atoms with van der Waals surface area (Å²) >= 11 is 6.07. The summed E-state index contributed by atoms with van der Waals surface area (Å²) in [4.78, 5) is 35.6. The molecule has 31 heavy (non-hydrogen) atoms. The first-order chi connectivity index (χ1) is 15.0. The van der Waals surface area contributed by atoms with Crippen LogP contribution in [0.2, 0.25) is 5.02 Å². The van der Waals surface area contributed by atoms with Crippen molar-refractivity contribution in [3.05, 3.63) is 75.4 Å². The largest absolute Gasteiger partial charge is 0.482 e. The molecule has 0 radical (unpaired) electrons. The fraction of sp³-hybridized carbons (Fsp3) is 0.190. The zero-order valence-corrected chi connectivity index (χ0v) is 17.2. The Kier molecular flexibility index (Phi) is 4.67. The van der Waals surface area contributed by atoms with Crippen molar-refractivity contribution in [1.82, 2.24) is 19.7 Å². The molecule has 1 aliphatic rings. The maximum absolute atomic E-state index is 12.8. The van der Waals surface area contributed by atoms with E-state index >= 15 is 0 Å². The fourth-order valence-electron chi connectivity index (χ4n) is 3.51. The highest BCUT2D eigenvalue weighted by Crippen LogP contribution is 2.35. The summed E-state index contributed by atoms with van der Waals surface area (Å²) in [6.45, 7) is 1.83. The molecule has 3 heterocycles. The monoisotopic (exact) mass is 437 g/mol. The molecule has 0 unspecified atom stereocenters. The molecule has 1 aliphatic heterocycles. The van der Waals surface area contributed by atoms with Crippen LogP contribution >= 0.6 is 11.6 Å². The first-order valence-corrected chi connectivity index (χ1v) is 9.88. The van der Waals surface area contributed by atoms with Gasteiger partial charge in [-0.25, -0.2) is 4.98 Å². The molecule has 156 valence electrons. The minimum atomic E-state index is -0.250. The van der Waals surface area contributed by atoms with Crippen LogP contribution in [0, 0.1) is 6.92 Å². The molecule has 0 atom stereocenters. The summed E-state index contributed by atoms with van der Waals surface area (Å²) in [5, 5.41) is 4.97. The smallest absolute Gasteiger partial charge is 0.265 e. The van der Waals surface area contributed by atoms with E-state index in [-0.39, 0.29) is 37.1 Å². The van der Waals surface area contributed by atoms with E-state index < -0.39 is 0 Å². The highest BCUT2D eigenvalue weighted by Gasteiger charge is 2.27. The number of carbonyl (C=O) groups excluding carboxylic acids is 1. The molecular formula is C21H16ClN5O4. The first-order valence-electron chi connectivity index (χ1n) is 9.50. The lowest BCUT2D eigenvalue weighted by Gasteiger charge is -2.28. The van der Waals surface area contributed by atoms with Gasteiger partial charge >= 0.3 is 0 Å². The third-order valence-electron chi connectivity index (χ3n) is 5.02. The van der Waals surface area contributed by atoms with Gasteiger partial charge in [-0.2, -0.15) is 4.98 Å². The van der Waals surface area contributed by atoms with Crippen LogP contribution in [0.5, 0.6) is 5.75 Å². The van der Waals surface area contributed by atoms with E-state index in [4.69, 9.17) is 20.9 Å². The quantitative estimate of drug-likeness (QED) is 0.483. The van der Waals surface area contributed by atoms with Gasteiger partial charge in [0.2, 0.25) is 5.89 Å². The van der Waals surface area contributed by atoms with Crippen LogP contribution in [-0.4, -0.2) is 32.2 Å². The van der Waals surface area contributed by atoms with Crippen molar-refractivity contribution in [2.75, 3.05) is 11.5 Å². The van der Waals surface area contributed by atoms with Gasteiger partial charge in [-0.1, -0.05) is 28.9 Å². The number of benzene rings is 2.